The number of nitrogens with one attached hydrogen (secondary N) is 10. The molecule has 0 aromatic heterocycles. The van der Waals surface area contributed by atoms with Gasteiger partial charge in [0, 0.05) is 6.54 Å². The number of aliphatic hydroxyl groups is 4. The van der Waals surface area contributed by atoms with E-state index in [1.165, 1.54) is 44.2 Å². The Morgan fingerprint density at radius 2 is 1.10 bits per heavy atom. The van der Waals surface area contributed by atoms with Crippen LogP contribution in [0.2, 0.25) is 0 Å². The topological polar surface area (TPSA) is 601 Å². The van der Waals surface area contributed by atoms with Crippen LogP contribution in [0, 0.1) is 29.6 Å². The van der Waals surface area contributed by atoms with E-state index in [1.54, 1.807) is 41.5 Å². The van der Waals surface area contributed by atoms with E-state index < -0.39 is 205 Å². The standard InChI is InChI=1S/C58H96N14O18.2C2HF3O2/c1-12-30(10)39-52(83)70-40(31(11)74)51(82)63-24-38(75)68-42(45(77)56(87)88)54(85)67-37(25-73)57(89)90-46(32-17-14-13-15-18-32)43(72-50(81)36(23-28(6)7)65-47(78)33(59)21-26(2)3)55(86)71-41(44(76)29(8)9)53(84)66-35(22-27(4)5)49(80)64-34(48(79)69-39)19-16-20-62-58(60)61;2*3-2(4,5)1(6)7/h13-15,17-18,26-31,33-37,39-46,73-74,76-77H,12,16,19-25,59H2,1-11H3,(H,63,82)(H,64,80)(H,65,78)(H,66,84)(H,67,85)(H,68,75)(H,69,79)(H,70,83)(H,71,86)(H,72,81)(H,87,88)(H4,60,61,62);2*(H,6,7)/t30-,31-,33+,34+,35-,36-,37-,39-,40-,41-,42-,43-,44+,45-,46+;;/m0../s1. The molecule has 0 bridgehead atoms. The normalized spacial score (nSPS) is 22.9. The van der Waals surface area contributed by atoms with Gasteiger partial charge in [-0.05, 0) is 74.2 Å². The van der Waals surface area contributed by atoms with E-state index in [9.17, 15) is 105 Å². The average Bonchev–Trinajstić information content (AvgIpc) is 0.826. The van der Waals surface area contributed by atoms with Crippen LogP contribution < -0.4 is 70.4 Å². The molecule has 42 heteroatoms. The highest BCUT2D eigenvalue weighted by Crippen LogP contribution is 2.25. The van der Waals surface area contributed by atoms with Crippen LogP contribution in [0.1, 0.15) is 126 Å². The lowest BCUT2D eigenvalue weighted by Crippen LogP contribution is -2.64. The Bertz CT molecular complexity index is 3070. The van der Waals surface area contributed by atoms with Crippen LogP contribution in [0.5, 0.6) is 0 Å². The van der Waals surface area contributed by atoms with Gasteiger partial charge in [0.25, 0.3) is 0 Å². The second-order valence-corrected chi connectivity index (χ2v) is 25.6. The molecule has 1 heterocycles. The number of carboxylic acids is 3. The number of aliphatic imine (C=N–C) groups is 1. The number of nitrogens with zero attached hydrogens (tertiary/aromatic N) is 1. The Kier molecular flexibility index (Phi) is 40.7. The SMILES string of the molecule is CC[C@H](C)[C@@H]1NC(=O)[C@@H](CCCN=C(N)N)NC(=O)[C@H](CC(C)C)NC(=O)[C@H]([C@H](O)C(C)C)NC(=O)[C@@H](NC(=O)[C@H](CC(C)C)NC(=O)[C@H](N)CC(C)C)[C@@H](c2ccccc2)OC(=O)[C@H](CO)NC(=O)[C@H]([C@H](O)C(=O)O)NC(=O)CNC(=O)[C@H]([C@H](C)O)NC1=O.O=C(O)C(F)(F)F.O=C(O)C(F)(F)F. The maximum Gasteiger partial charge on any atom is 0.490 e. The van der Waals surface area contributed by atoms with Crippen molar-refractivity contribution in [3.8, 4) is 0 Å². The summed E-state index contributed by atoms with van der Waals surface area (Å²) in [5, 5.41) is 91.7. The number of hydrogen-bond acceptors (Lipinski definition) is 21. The molecular weight excluding hydrogens is 1410 g/mol. The molecule has 36 nitrogen and oxygen atoms in total. The molecule has 1 aromatic carbocycles. The number of carbonyl (C=O) groups excluding carboxylic acids is 11. The van der Waals surface area contributed by atoms with Crippen LogP contribution in [0.3, 0.4) is 0 Å². The number of aliphatic carboxylic acids is 3. The maximum atomic E-state index is 15.3. The molecule has 15 atom stereocenters. The summed E-state index contributed by atoms with van der Waals surface area (Å²) in [7, 11) is 0. The molecule has 1 aliphatic heterocycles. The Morgan fingerprint density at radius 1 is 0.615 bits per heavy atom. The number of cyclic esters (lactones) is 1. The number of hydrogen-bond donors (Lipinski definition) is 20. The fraction of sp³-hybridized carbons (Fsp3) is 0.661. The zero-order chi connectivity index (χ0) is 80.6. The number of amides is 10. The lowest BCUT2D eigenvalue weighted by Gasteiger charge is -2.33. The summed E-state index contributed by atoms with van der Waals surface area (Å²) in [5.74, 6) is -23.5. The van der Waals surface area contributed by atoms with Gasteiger partial charge in [-0.3, -0.25) is 52.9 Å². The third-order valence-corrected chi connectivity index (χ3v) is 14.9. The van der Waals surface area contributed by atoms with E-state index in [0.717, 1.165) is 6.92 Å². The summed E-state index contributed by atoms with van der Waals surface area (Å²) < 4.78 is 69.4. The molecule has 0 spiro atoms. The van der Waals surface area contributed by atoms with Crippen LogP contribution in [0.4, 0.5) is 26.3 Å². The van der Waals surface area contributed by atoms with Crippen molar-refractivity contribution >= 4 is 88.9 Å². The number of guanidine groups is 1. The maximum absolute atomic E-state index is 15.3. The van der Waals surface area contributed by atoms with E-state index in [-0.39, 0.29) is 74.3 Å². The van der Waals surface area contributed by atoms with Crippen LogP contribution in [0.25, 0.3) is 0 Å². The lowest BCUT2D eigenvalue weighted by molar-refractivity contribution is -0.193. The van der Waals surface area contributed by atoms with E-state index in [1.807, 2.05) is 24.5 Å². The number of aliphatic hydroxyl groups excluding tert-OH is 4. The monoisotopic (exact) mass is 1500 g/mol. The summed E-state index contributed by atoms with van der Waals surface area (Å²) in [6, 6.07) is -11.0. The van der Waals surface area contributed by atoms with Gasteiger partial charge in [0.15, 0.2) is 24.2 Å². The van der Waals surface area contributed by atoms with Crippen LogP contribution >= 0.6 is 0 Å². The van der Waals surface area contributed by atoms with Gasteiger partial charge >= 0.3 is 36.2 Å². The first kappa shape index (κ1) is 94.5. The quantitative estimate of drug-likeness (QED) is 0.0166. The van der Waals surface area contributed by atoms with Crippen LogP contribution in [0.15, 0.2) is 35.3 Å². The first-order valence-corrected chi connectivity index (χ1v) is 32.5. The van der Waals surface area contributed by atoms with E-state index in [2.05, 4.69) is 47.5 Å². The van der Waals surface area contributed by atoms with Gasteiger partial charge in [-0.15, -0.1) is 0 Å². The third kappa shape index (κ3) is 34.2. The van der Waals surface area contributed by atoms with Crippen molar-refractivity contribution in [1.29, 1.82) is 0 Å². The van der Waals surface area contributed by atoms with Gasteiger partial charge in [-0.2, -0.15) is 26.3 Å². The third-order valence-electron chi connectivity index (χ3n) is 14.9. The molecule has 0 radical (unpaired) electrons. The van der Waals surface area contributed by atoms with Crippen molar-refractivity contribution in [2.45, 2.75) is 212 Å². The minimum atomic E-state index is -5.08. The minimum Gasteiger partial charge on any atom is -0.479 e. The molecule has 0 unspecified atom stereocenters. The highest BCUT2D eigenvalue weighted by atomic mass is 19.4. The number of carboxylic acid groups (broad SMARTS) is 3. The number of halogens is 6. The molecule has 1 aliphatic rings. The summed E-state index contributed by atoms with van der Waals surface area (Å²) in [6.45, 7) is 15.2. The lowest BCUT2D eigenvalue weighted by atomic mass is 9.95. The number of benzene rings is 1. The van der Waals surface area contributed by atoms with Crippen molar-refractivity contribution < 1.29 is 134 Å². The van der Waals surface area contributed by atoms with Gasteiger partial charge in [0.05, 0.1) is 31.4 Å². The van der Waals surface area contributed by atoms with E-state index in [0.29, 0.717) is 0 Å². The highest BCUT2D eigenvalue weighted by molar-refractivity contribution is 6.00. The van der Waals surface area contributed by atoms with Crippen molar-refractivity contribution in [2.24, 2.45) is 51.8 Å². The average molecular weight is 1510 g/mol. The molecule has 1 aromatic rings. The molecular formula is C62H98F6N14O22. The zero-order valence-corrected chi connectivity index (χ0v) is 58.9. The Hall–Kier alpha value is -9.55. The smallest absolute Gasteiger partial charge is 0.479 e. The number of rotatable bonds is 23. The molecule has 23 N–H and O–H groups in total. The number of alkyl halides is 6. The van der Waals surface area contributed by atoms with Crippen molar-refractivity contribution in [3.63, 3.8) is 0 Å². The van der Waals surface area contributed by atoms with Gasteiger partial charge in [-0.1, -0.05) is 106 Å². The van der Waals surface area contributed by atoms with Crippen molar-refractivity contribution in [3.05, 3.63) is 35.9 Å². The first-order chi connectivity index (χ1) is 47.9. The summed E-state index contributed by atoms with van der Waals surface area (Å²) >= 11 is 0. The second-order valence-electron chi connectivity index (χ2n) is 25.6. The first-order valence-electron chi connectivity index (χ1n) is 32.5. The molecule has 0 saturated carbocycles. The summed E-state index contributed by atoms with van der Waals surface area (Å²) in [6.07, 6.45) is -18.5. The number of carbonyl (C=O) groups is 14. The molecule has 590 valence electrons. The zero-order valence-electron chi connectivity index (χ0n) is 58.9. The largest absolute Gasteiger partial charge is 0.490 e. The fourth-order valence-electron chi connectivity index (χ4n) is 9.23. The van der Waals surface area contributed by atoms with Crippen molar-refractivity contribution in [1.82, 2.24) is 53.2 Å². The Labute approximate surface area is 593 Å². The Balaban J connectivity index is 0.00000682. The Morgan fingerprint density at radius 3 is 1.56 bits per heavy atom. The summed E-state index contributed by atoms with van der Waals surface area (Å²) in [5.41, 5.74) is 17.2. The minimum absolute atomic E-state index is 0.0405. The molecule has 2 rings (SSSR count). The van der Waals surface area contributed by atoms with E-state index >= 15 is 4.79 Å². The predicted octanol–water partition coefficient (Wildman–Crippen LogP) is -3.57. The molecule has 0 aliphatic carbocycles. The van der Waals surface area contributed by atoms with Gasteiger partial charge < -0.3 is 111 Å². The van der Waals surface area contributed by atoms with Gasteiger partial charge in [-0.25, -0.2) is 19.2 Å². The number of ether oxygens (including phenoxy) is 1. The molecule has 1 fully saturated rings. The van der Waals surface area contributed by atoms with Crippen molar-refractivity contribution in [2.75, 3.05) is 19.7 Å². The number of esters is 1. The van der Waals surface area contributed by atoms with Crippen LogP contribution in [-0.2, 0) is 71.9 Å². The second kappa shape index (κ2) is 44.8. The number of nitrogens with two attached hydrogens (primary N) is 3. The van der Waals surface area contributed by atoms with Gasteiger partial charge in [0.1, 0.15) is 48.3 Å². The highest BCUT2D eigenvalue weighted by Gasteiger charge is 2.45. The van der Waals surface area contributed by atoms with E-state index in [4.69, 9.17) is 41.7 Å². The predicted molar refractivity (Wildman–Crippen MR) is 352 cm³/mol. The molecule has 104 heavy (non-hydrogen) atoms. The van der Waals surface area contributed by atoms with Gasteiger partial charge in [0.2, 0.25) is 59.1 Å². The molecule has 1 saturated heterocycles. The molecule has 10 amide bonds. The summed E-state index contributed by atoms with van der Waals surface area (Å²) in [4.78, 5) is 191. The van der Waals surface area contributed by atoms with Crippen LogP contribution in [-0.4, -0.2) is 235 Å². The fourth-order valence-corrected chi connectivity index (χ4v) is 9.23.